The third-order valence-corrected chi connectivity index (χ3v) is 4.29. The minimum Gasteiger partial charge on any atom is -0.465 e. The number of aliphatic hydroxyl groups is 1. The summed E-state index contributed by atoms with van der Waals surface area (Å²) in [6.07, 6.45) is -5.41. The van der Waals surface area contributed by atoms with E-state index in [0.29, 0.717) is 6.07 Å². The van der Waals surface area contributed by atoms with Crippen molar-refractivity contribution in [3.05, 3.63) is 62.7 Å². The van der Waals surface area contributed by atoms with Gasteiger partial charge in [0.2, 0.25) is 0 Å². The molecule has 9 nitrogen and oxygen atoms in total. The Morgan fingerprint density at radius 1 is 1.06 bits per heavy atom. The molecule has 0 amide bonds. The quantitative estimate of drug-likeness (QED) is 0.299. The summed E-state index contributed by atoms with van der Waals surface area (Å²) >= 11 is 5.85. The summed E-state index contributed by atoms with van der Waals surface area (Å²) in [4.78, 5) is 33.9. The highest BCUT2D eigenvalue weighted by Gasteiger charge is 2.31. The Morgan fingerprint density at radius 3 is 2.36 bits per heavy atom. The number of hydrogen-bond donors (Lipinski definition) is 1. The Morgan fingerprint density at radius 2 is 1.76 bits per heavy atom. The summed E-state index contributed by atoms with van der Waals surface area (Å²) in [6, 6.07) is 5.84. The second kappa shape index (κ2) is 11.5. The molecule has 0 bridgehead atoms. The van der Waals surface area contributed by atoms with Gasteiger partial charge < -0.3 is 19.3 Å². The van der Waals surface area contributed by atoms with E-state index in [1.807, 2.05) is 0 Å². The number of nitrogens with zero attached hydrogens (tertiary/aromatic N) is 1. The maximum atomic E-state index is 12.8. The monoisotopic (exact) mass is 491 g/mol. The van der Waals surface area contributed by atoms with Crippen LogP contribution in [0.15, 0.2) is 36.4 Å². The molecule has 13 heteroatoms. The molecule has 0 aromatic heterocycles. The van der Waals surface area contributed by atoms with Gasteiger partial charge in [-0.3, -0.25) is 19.7 Å². The zero-order valence-electron chi connectivity index (χ0n) is 16.8. The predicted octanol–water partition coefficient (Wildman–Crippen LogP) is 4.07. The molecule has 0 aliphatic carbocycles. The number of nitro groups is 1. The van der Waals surface area contributed by atoms with E-state index in [1.165, 1.54) is 6.07 Å². The van der Waals surface area contributed by atoms with E-state index in [0.717, 1.165) is 24.3 Å². The fourth-order valence-corrected chi connectivity index (χ4v) is 2.74. The molecular formula is C20H17ClF3NO8. The highest BCUT2D eigenvalue weighted by atomic mass is 35.5. The SMILES string of the molecule is O=C(CCOC(=O)Cc1cc(Oc2ccc(C(F)(F)F)cc2Cl)ccc1[N+](=O)[O-])OCCO. The molecule has 0 aliphatic heterocycles. The van der Waals surface area contributed by atoms with E-state index in [1.54, 1.807) is 0 Å². The first-order valence-electron chi connectivity index (χ1n) is 9.25. The standard InChI is InChI=1S/C20H17ClF3NO8/c21-15-11-13(20(22,23)24)1-4-17(15)33-14-2-3-16(25(29)30)12(9-14)10-19(28)31-7-5-18(27)32-8-6-26/h1-4,9,11,26H,5-8,10H2. The fraction of sp³-hybridized carbons (Fsp3) is 0.300. The molecule has 0 atom stereocenters. The normalized spacial score (nSPS) is 11.1. The van der Waals surface area contributed by atoms with Gasteiger partial charge in [-0.1, -0.05) is 11.6 Å². The smallest absolute Gasteiger partial charge is 0.416 e. The highest BCUT2D eigenvalue weighted by molar-refractivity contribution is 6.32. The zero-order chi connectivity index (χ0) is 24.6. The average Bonchev–Trinajstić information content (AvgIpc) is 2.73. The third-order valence-electron chi connectivity index (χ3n) is 3.99. The lowest BCUT2D eigenvalue weighted by atomic mass is 10.1. The Balaban J connectivity index is 2.11. The van der Waals surface area contributed by atoms with Crippen LogP contribution in [-0.2, 0) is 31.7 Å². The van der Waals surface area contributed by atoms with Gasteiger partial charge in [0, 0.05) is 11.6 Å². The number of benzene rings is 2. The predicted molar refractivity (Wildman–Crippen MR) is 107 cm³/mol. The van der Waals surface area contributed by atoms with Crippen LogP contribution in [0.3, 0.4) is 0 Å². The molecule has 0 aliphatic rings. The highest BCUT2D eigenvalue weighted by Crippen LogP contribution is 2.37. The van der Waals surface area contributed by atoms with Crippen LogP contribution in [0.5, 0.6) is 11.5 Å². The van der Waals surface area contributed by atoms with E-state index in [9.17, 15) is 32.9 Å². The number of aliphatic hydroxyl groups excluding tert-OH is 1. The van der Waals surface area contributed by atoms with E-state index in [4.69, 9.17) is 26.2 Å². The van der Waals surface area contributed by atoms with Crippen LogP contribution >= 0.6 is 11.6 Å². The lowest BCUT2D eigenvalue weighted by molar-refractivity contribution is -0.385. The molecule has 0 radical (unpaired) electrons. The summed E-state index contributed by atoms with van der Waals surface area (Å²) < 4.78 is 53.2. The van der Waals surface area contributed by atoms with Crippen molar-refractivity contribution in [2.24, 2.45) is 0 Å². The Bertz CT molecular complexity index is 1030. The number of carbonyl (C=O) groups is 2. The van der Waals surface area contributed by atoms with Crippen molar-refractivity contribution in [3.63, 3.8) is 0 Å². The summed E-state index contributed by atoms with van der Waals surface area (Å²) in [5.74, 6) is -1.73. The first-order chi connectivity index (χ1) is 15.5. The summed E-state index contributed by atoms with van der Waals surface area (Å²) in [7, 11) is 0. The number of carbonyl (C=O) groups excluding carboxylic acids is 2. The van der Waals surface area contributed by atoms with Crippen molar-refractivity contribution in [3.8, 4) is 11.5 Å². The van der Waals surface area contributed by atoms with E-state index in [-0.39, 0.29) is 48.3 Å². The van der Waals surface area contributed by atoms with Crippen molar-refractivity contribution >= 4 is 29.2 Å². The molecule has 1 N–H and O–H groups in total. The Kier molecular flexibility index (Phi) is 9.00. The summed E-state index contributed by atoms with van der Waals surface area (Å²) in [5.41, 5.74) is -1.49. The fourth-order valence-electron chi connectivity index (χ4n) is 2.52. The van der Waals surface area contributed by atoms with Gasteiger partial charge in [-0.05, 0) is 30.3 Å². The van der Waals surface area contributed by atoms with Gasteiger partial charge in [0.25, 0.3) is 5.69 Å². The number of halogens is 4. The molecule has 0 fully saturated rings. The molecule has 178 valence electrons. The van der Waals surface area contributed by atoms with E-state index in [2.05, 4.69) is 4.74 Å². The van der Waals surface area contributed by atoms with Crippen molar-refractivity contribution in [1.29, 1.82) is 0 Å². The summed E-state index contributed by atoms with van der Waals surface area (Å²) in [6.45, 7) is -0.895. The number of nitro benzene ring substituents is 1. The van der Waals surface area contributed by atoms with Crippen LogP contribution in [-0.4, -0.2) is 41.8 Å². The van der Waals surface area contributed by atoms with Crippen molar-refractivity contribution in [2.75, 3.05) is 19.8 Å². The minimum absolute atomic E-state index is 0.0161. The van der Waals surface area contributed by atoms with E-state index >= 15 is 0 Å². The lowest BCUT2D eigenvalue weighted by Crippen LogP contribution is -2.15. The summed E-state index contributed by atoms with van der Waals surface area (Å²) in [5, 5.41) is 19.5. The van der Waals surface area contributed by atoms with Gasteiger partial charge >= 0.3 is 18.1 Å². The van der Waals surface area contributed by atoms with Gasteiger partial charge in [0.05, 0.1) is 35.0 Å². The van der Waals surface area contributed by atoms with Crippen molar-refractivity contribution in [1.82, 2.24) is 0 Å². The second-order valence-corrected chi connectivity index (χ2v) is 6.79. The first-order valence-corrected chi connectivity index (χ1v) is 9.63. The molecule has 33 heavy (non-hydrogen) atoms. The Labute approximate surface area is 189 Å². The van der Waals surface area contributed by atoms with Crippen LogP contribution in [0.2, 0.25) is 5.02 Å². The third kappa shape index (κ3) is 7.91. The minimum atomic E-state index is -4.60. The Hall–Kier alpha value is -3.38. The average molecular weight is 492 g/mol. The van der Waals surface area contributed by atoms with Crippen LogP contribution in [0.4, 0.5) is 18.9 Å². The molecule has 0 spiro atoms. The number of rotatable bonds is 10. The molecule has 0 saturated carbocycles. The van der Waals surface area contributed by atoms with Gasteiger partial charge in [0.15, 0.2) is 0 Å². The first kappa shape index (κ1) is 25.9. The molecule has 2 aromatic carbocycles. The van der Waals surface area contributed by atoms with E-state index < -0.39 is 40.7 Å². The molecular weight excluding hydrogens is 475 g/mol. The topological polar surface area (TPSA) is 125 Å². The van der Waals surface area contributed by atoms with Crippen molar-refractivity contribution in [2.45, 2.75) is 19.0 Å². The van der Waals surface area contributed by atoms with Gasteiger partial charge in [-0.25, -0.2) is 0 Å². The van der Waals surface area contributed by atoms with Crippen LogP contribution in [0.1, 0.15) is 17.5 Å². The van der Waals surface area contributed by atoms with Gasteiger partial charge in [-0.15, -0.1) is 0 Å². The van der Waals surface area contributed by atoms with Gasteiger partial charge in [-0.2, -0.15) is 13.2 Å². The maximum absolute atomic E-state index is 12.8. The molecule has 0 saturated heterocycles. The largest absolute Gasteiger partial charge is 0.465 e. The molecule has 2 aromatic rings. The maximum Gasteiger partial charge on any atom is 0.416 e. The number of alkyl halides is 3. The van der Waals surface area contributed by atoms with Crippen LogP contribution in [0.25, 0.3) is 0 Å². The molecule has 0 unspecified atom stereocenters. The number of ether oxygens (including phenoxy) is 3. The molecule has 0 heterocycles. The number of esters is 2. The molecule has 2 rings (SSSR count). The van der Waals surface area contributed by atoms with Crippen molar-refractivity contribution < 1.29 is 47.0 Å². The zero-order valence-corrected chi connectivity index (χ0v) is 17.5. The number of hydrogen-bond acceptors (Lipinski definition) is 8. The second-order valence-electron chi connectivity index (χ2n) is 6.38. The van der Waals surface area contributed by atoms with Crippen LogP contribution in [0, 0.1) is 10.1 Å². The lowest BCUT2D eigenvalue weighted by Gasteiger charge is -2.12. The van der Waals surface area contributed by atoms with Gasteiger partial charge in [0.1, 0.15) is 24.7 Å². The van der Waals surface area contributed by atoms with Crippen LogP contribution < -0.4 is 4.74 Å².